The first-order valence-corrected chi connectivity index (χ1v) is 9.64. The summed E-state index contributed by atoms with van der Waals surface area (Å²) in [5.74, 6) is -1.44. The number of aliphatic carboxylic acids is 1. The Labute approximate surface area is 174 Å². The van der Waals surface area contributed by atoms with Crippen molar-refractivity contribution in [3.8, 4) is 16.8 Å². The second-order valence-corrected chi connectivity index (χ2v) is 7.17. The van der Waals surface area contributed by atoms with E-state index in [-0.39, 0.29) is 12.2 Å². The summed E-state index contributed by atoms with van der Waals surface area (Å²) in [5.41, 5.74) is 4.43. The molecule has 156 valence electrons. The highest BCUT2D eigenvalue weighted by atomic mass is 19.1. The zero-order valence-corrected chi connectivity index (χ0v) is 16.6. The van der Waals surface area contributed by atoms with Crippen LogP contribution in [0.2, 0.25) is 0 Å². The van der Waals surface area contributed by atoms with Gasteiger partial charge in [-0.25, -0.2) is 4.39 Å². The lowest BCUT2D eigenvalue weighted by molar-refractivity contribution is -0.139. The number of hydrogen-bond donors (Lipinski definition) is 3. The summed E-state index contributed by atoms with van der Waals surface area (Å²) in [6.45, 7) is 1.95. The summed E-state index contributed by atoms with van der Waals surface area (Å²) in [6, 6.07) is 16.0. The minimum absolute atomic E-state index is 0.0763. The van der Waals surface area contributed by atoms with Crippen molar-refractivity contribution in [1.82, 2.24) is 4.57 Å². The fourth-order valence-corrected chi connectivity index (χ4v) is 3.40. The van der Waals surface area contributed by atoms with Crippen LogP contribution in [0.4, 0.5) is 4.39 Å². The van der Waals surface area contributed by atoms with Crippen LogP contribution in [0.1, 0.15) is 24.1 Å². The Balaban J connectivity index is 1.96. The average Bonchev–Trinajstić information content (AvgIpc) is 3.03. The summed E-state index contributed by atoms with van der Waals surface area (Å²) >= 11 is 0. The van der Waals surface area contributed by atoms with Crippen LogP contribution in [0.25, 0.3) is 22.9 Å². The van der Waals surface area contributed by atoms with E-state index in [9.17, 15) is 19.4 Å². The second kappa shape index (κ2) is 9.52. The highest BCUT2D eigenvalue weighted by molar-refractivity contribution is 5.78. The van der Waals surface area contributed by atoms with Gasteiger partial charge in [-0.05, 0) is 36.8 Å². The number of hydrogen-bond acceptors (Lipinski definition) is 3. The van der Waals surface area contributed by atoms with Gasteiger partial charge in [0.05, 0.1) is 18.6 Å². The Morgan fingerprint density at radius 1 is 1.10 bits per heavy atom. The molecule has 0 fully saturated rings. The number of carboxylic acids is 1. The largest absolute Gasteiger partial charge is 0.481 e. The van der Waals surface area contributed by atoms with Crippen molar-refractivity contribution in [1.29, 1.82) is 0 Å². The summed E-state index contributed by atoms with van der Waals surface area (Å²) in [4.78, 5) is 10.7. The van der Waals surface area contributed by atoms with Gasteiger partial charge in [-0.15, -0.1) is 0 Å². The van der Waals surface area contributed by atoms with E-state index in [1.165, 1.54) is 18.2 Å². The lowest BCUT2D eigenvalue weighted by Gasteiger charge is -2.11. The number of benzene rings is 2. The van der Waals surface area contributed by atoms with Crippen molar-refractivity contribution in [3.63, 3.8) is 0 Å². The molecule has 6 heteroatoms. The number of para-hydroxylation sites is 1. The molecule has 3 rings (SSSR count). The molecule has 1 aromatic heterocycles. The molecule has 0 amide bonds. The minimum atomic E-state index is -1.13. The van der Waals surface area contributed by atoms with E-state index >= 15 is 0 Å². The Hall–Kier alpha value is -3.22. The molecule has 0 radical (unpaired) electrons. The smallest absolute Gasteiger partial charge is 0.305 e. The normalized spacial score (nSPS) is 13.5. The van der Waals surface area contributed by atoms with Gasteiger partial charge in [0, 0.05) is 35.1 Å². The topological polar surface area (TPSA) is 82.7 Å². The van der Waals surface area contributed by atoms with Gasteiger partial charge in [0.2, 0.25) is 0 Å². The molecule has 2 atom stereocenters. The summed E-state index contributed by atoms with van der Waals surface area (Å²) in [5, 5.41) is 28.7. The van der Waals surface area contributed by atoms with Gasteiger partial charge >= 0.3 is 5.97 Å². The first-order chi connectivity index (χ1) is 14.3. The van der Waals surface area contributed by atoms with Gasteiger partial charge in [-0.2, -0.15) is 0 Å². The van der Waals surface area contributed by atoms with Crippen molar-refractivity contribution >= 4 is 12.0 Å². The molecule has 0 saturated carbocycles. The van der Waals surface area contributed by atoms with Crippen molar-refractivity contribution in [3.05, 3.63) is 83.9 Å². The van der Waals surface area contributed by atoms with Crippen LogP contribution in [0.3, 0.4) is 0 Å². The van der Waals surface area contributed by atoms with Gasteiger partial charge in [-0.3, -0.25) is 4.79 Å². The van der Waals surface area contributed by atoms with Crippen LogP contribution in [0.5, 0.6) is 0 Å². The molecule has 3 aromatic rings. The monoisotopic (exact) mass is 409 g/mol. The van der Waals surface area contributed by atoms with Crippen molar-refractivity contribution in [2.75, 3.05) is 0 Å². The maximum Gasteiger partial charge on any atom is 0.305 e. The molecule has 0 aliphatic heterocycles. The van der Waals surface area contributed by atoms with Gasteiger partial charge in [0.1, 0.15) is 5.82 Å². The van der Waals surface area contributed by atoms with Crippen molar-refractivity contribution < 1.29 is 24.5 Å². The third kappa shape index (κ3) is 5.23. The lowest BCUT2D eigenvalue weighted by Crippen LogP contribution is -2.19. The first kappa shape index (κ1) is 21.5. The van der Waals surface area contributed by atoms with Crippen molar-refractivity contribution in [2.24, 2.45) is 0 Å². The van der Waals surface area contributed by atoms with E-state index in [1.807, 2.05) is 48.0 Å². The highest BCUT2D eigenvalue weighted by Gasteiger charge is 2.16. The first-order valence-electron chi connectivity index (χ1n) is 9.64. The van der Waals surface area contributed by atoms with Gasteiger partial charge in [-0.1, -0.05) is 42.5 Å². The van der Waals surface area contributed by atoms with Crippen molar-refractivity contribution in [2.45, 2.75) is 32.0 Å². The van der Waals surface area contributed by atoms with Gasteiger partial charge < -0.3 is 19.9 Å². The van der Waals surface area contributed by atoms with E-state index in [0.29, 0.717) is 0 Å². The van der Waals surface area contributed by atoms with Crippen LogP contribution in [-0.2, 0) is 4.79 Å². The minimum Gasteiger partial charge on any atom is -0.481 e. The quantitative estimate of drug-likeness (QED) is 0.521. The molecule has 0 aliphatic rings. The third-order valence-corrected chi connectivity index (χ3v) is 4.90. The maximum absolute atomic E-state index is 13.4. The van der Waals surface area contributed by atoms with Crippen LogP contribution in [0, 0.1) is 12.7 Å². The molecular formula is C24H24FNO4. The molecule has 0 saturated heterocycles. The zero-order chi connectivity index (χ0) is 21.7. The molecule has 3 N–H and O–H groups in total. The summed E-state index contributed by atoms with van der Waals surface area (Å²) in [6.07, 6.45) is 2.63. The standard InChI is InChI=1S/C24H24FNO4/c1-16-22(12-11-20(27)13-21(28)14-24(29)30)23(17-7-9-18(25)10-8-17)15-26(16)19-5-3-2-4-6-19/h2-12,15,20-21,27-28H,13-14H2,1H3,(H,29,30)/b12-11+/t20-,21-/m1/s1. The van der Waals surface area contributed by atoms with E-state index < -0.39 is 24.6 Å². The molecule has 1 heterocycles. The molecular weight excluding hydrogens is 385 g/mol. The van der Waals surface area contributed by atoms with Crippen LogP contribution in [0.15, 0.2) is 66.9 Å². The molecule has 0 aliphatic carbocycles. The van der Waals surface area contributed by atoms with Crippen LogP contribution >= 0.6 is 0 Å². The third-order valence-electron chi connectivity index (χ3n) is 4.90. The number of aliphatic hydroxyl groups is 2. The van der Waals surface area contributed by atoms with E-state index in [1.54, 1.807) is 18.2 Å². The number of nitrogens with zero attached hydrogens (tertiary/aromatic N) is 1. The fourth-order valence-electron chi connectivity index (χ4n) is 3.40. The number of aliphatic hydroxyl groups excluding tert-OH is 2. The summed E-state index contributed by atoms with van der Waals surface area (Å²) in [7, 11) is 0. The molecule has 0 bridgehead atoms. The molecule has 0 spiro atoms. The Kier molecular flexibility index (Phi) is 6.82. The van der Waals surface area contributed by atoms with Gasteiger partial charge in [0.15, 0.2) is 0 Å². The Morgan fingerprint density at radius 3 is 2.40 bits per heavy atom. The molecule has 30 heavy (non-hydrogen) atoms. The van der Waals surface area contributed by atoms with E-state index in [2.05, 4.69) is 0 Å². The van der Waals surface area contributed by atoms with Crippen LogP contribution in [-0.4, -0.2) is 38.1 Å². The fraction of sp³-hybridized carbons (Fsp3) is 0.208. The van der Waals surface area contributed by atoms with Crippen LogP contribution < -0.4 is 0 Å². The maximum atomic E-state index is 13.4. The predicted octanol–water partition coefficient (Wildman–Crippen LogP) is 4.19. The highest BCUT2D eigenvalue weighted by Crippen LogP contribution is 2.31. The lowest BCUT2D eigenvalue weighted by atomic mass is 10.0. The van der Waals surface area contributed by atoms with Gasteiger partial charge in [0.25, 0.3) is 0 Å². The molecule has 0 unspecified atom stereocenters. The average molecular weight is 409 g/mol. The second-order valence-electron chi connectivity index (χ2n) is 7.17. The Morgan fingerprint density at radius 2 is 1.77 bits per heavy atom. The predicted molar refractivity (Wildman–Crippen MR) is 114 cm³/mol. The number of rotatable bonds is 8. The number of aromatic nitrogens is 1. The summed E-state index contributed by atoms with van der Waals surface area (Å²) < 4.78 is 15.4. The number of halogens is 1. The molecule has 5 nitrogen and oxygen atoms in total. The zero-order valence-electron chi connectivity index (χ0n) is 16.6. The van der Waals surface area contributed by atoms with E-state index in [4.69, 9.17) is 5.11 Å². The number of carboxylic acid groups (broad SMARTS) is 1. The number of carbonyl (C=O) groups is 1. The SMILES string of the molecule is Cc1c(/C=C/[C@@H](O)C[C@@H](O)CC(=O)O)c(-c2ccc(F)cc2)cn1-c1ccccc1. The van der Waals surface area contributed by atoms with E-state index in [0.717, 1.165) is 28.1 Å². The Bertz CT molecular complexity index is 1030. The molecule has 2 aromatic carbocycles.